The van der Waals surface area contributed by atoms with Gasteiger partial charge >= 0.3 is 0 Å². The second-order valence-corrected chi connectivity index (χ2v) is 27.7. The summed E-state index contributed by atoms with van der Waals surface area (Å²) < 4.78 is 9.65. The lowest BCUT2D eigenvalue weighted by atomic mass is 9.93. The largest absolute Gasteiger partial charge is 0.311 e. The van der Waals surface area contributed by atoms with E-state index >= 15 is 0 Å². The van der Waals surface area contributed by atoms with Crippen LogP contribution in [0.15, 0.2) is 377 Å². The summed E-state index contributed by atoms with van der Waals surface area (Å²) in [6, 6.07) is 122. The highest BCUT2D eigenvalue weighted by Gasteiger charge is 2.34. The van der Waals surface area contributed by atoms with Crippen LogP contribution in [-0.2, 0) is 0 Å². The minimum Gasteiger partial charge on any atom is -0.311 e. The van der Waals surface area contributed by atoms with E-state index in [1.54, 1.807) is 0 Å². The van der Waals surface area contributed by atoms with Crippen molar-refractivity contribution in [3.05, 3.63) is 383 Å². The van der Waals surface area contributed by atoms with Crippen LogP contribution in [0.5, 0.6) is 0 Å². The first-order valence-electron chi connectivity index (χ1n) is 36.8. The molecule has 0 atom stereocenters. The summed E-state index contributed by atoms with van der Waals surface area (Å²) >= 11 is 0. The third-order valence-electron chi connectivity index (χ3n) is 21.5. The van der Waals surface area contributed by atoms with Crippen molar-refractivity contribution in [2.75, 3.05) is 9.80 Å². The maximum atomic E-state index is 6.55. The summed E-state index contributed by atoms with van der Waals surface area (Å²) in [5.74, 6) is 1.35. The molecule has 11 nitrogen and oxygen atoms in total. The van der Waals surface area contributed by atoms with Crippen molar-refractivity contribution in [3.8, 4) is 67.6 Å². The zero-order valence-electron chi connectivity index (χ0n) is 59.2. The summed E-state index contributed by atoms with van der Waals surface area (Å²) in [5.41, 5.74) is 24.4. The van der Waals surface area contributed by atoms with E-state index in [1.807, 2.05) is 37.2 Å². The van der Waals surface area contributed by atoms with Crippen molar-refractivity contribution in [1.29, 1.82) is 0 Å². The highest BCUT2D eigenvalue weighted by molar-refractivity contribution is 6.17. The average Bonchev–Trinajstić information content (AvgIpc) is 1.37. The van der Waals surface area contributed by atoms with E-state index in [9.17, 15) is 0 Å². The second kappa shape index (κ2) is 25.8. The first kappa shape index (κ1) is 62.7. The van der Waals surface area contributed by atoms with Gasteiger partial charge in [0.25, 0.3) is 0 Å². The lowest BCUT2D eigenvalue weighted by Crippen LogP contribution is -2.16. The van der Waals surface area contributed by atoms with Crippen LogP contribution in [0.25, 0.3) is 155 Å². The molecule has 0 N–H and O–H groups in total. The van der Waals surface area contributed by atoms with Gasteiger partial charge in [0.2, 0.25) is 0 Å². The smallest absolute Gasteiger partial charge is 0.165 e. The number of hydrogen-bond acceptors (Lipinski definition) is 7. The topological polar surface area (TPSA) is 90.7 Å². The molecule has 0 radical (unpaired) electrons. The fraction of sp³-hybridized carbons (Fsp3) is 0.0102. The van der Waals surface area contributed by atoms with Crippen molar-refractivity contribution in [2.45, 2.75) is 6.92 Å². The van der Waals surface area contributed by atoms with Crippen molar-refractivity contribution in [3.63, 3.8) is 0 Å². The van der Waals surface area contributed by atoms with Gasteiger partial charge in [-0.25, -0.2) is 4.98 Å². The highest BCUT2D eigenvalue weighted by Crippen LogP contribution is 2.52. The van der Waals surface area contributed by atoms with Gasteiger partial charge in [-0.3, -0.25) is 29.1 Å². The Morgan fingerprint density at radius 1 is 0.239 bits per heavy atom. The molecule has 0 saturated carbocycles. The predicted octanol–water partition coefficient (Wildman–Crippen LogP) is 25.0. The molecule has 512 valence electrons. The number of benzene rings is 12. The number of pyridine rings is 5. The van der Waals surface area contributed by atoms with Crippen molar-refractivity contribution in [1.82, 2.24) is 43.2 Å². The summed E-state index contributed by atoms with van der Waals surface area (Å²) in [4.78, 5) is 31.5. The first-order chi connectivity index (χ1) is 54.0. The molecule has 109 heavy (non-hydrogen) atoms. The Labute approximate surface area is 627 Å². The molecule has 0 aliphatic heterocycles. The second-order valence-electron chi connectivity index (χ2n) is 27.7. The van der Waals surface area contributed by atoms with E-state index in [1.165, 1.54) is 0 Å². The first-order valence-corrected chi connectivity index (χ1v) is 36.8. The predicted molar refractivity (Wildman–Crippen MR) is 449 cm³/mol. The third-order valence-corrected chi connectivity index (χ3v) is 21.5. The van der Waals surface area contributed by atoms with Crippen LogP contribution < -0.4 is 9.80 Å². The van der Waals surface area contributed by atoms with Crippen LogP contribution in [0.3, 0.4) is 0 Å². The van der Waals surface area contributed by atoms with Gasteiger partial charge in [-0.15, -0.1) is 0 Å². The Morgan fingerprint density at radius 2 is 0.569 bits per heavy atom. The Balaban J connectivity index is 0.921. The Hall–Kier alpha value is -14.8. The van der Waals surface area contributed by atoms with Crippen molar-refractivity contribution < 1.29 is 0 Å². The monoisotopic (exact) mass is 1400 g/mol. The molecule has 9 heterocycles. The molecule has 11 heteroatoms. The average molecular weight is 1400 g/mol. The zero-order valence-corrected chi connectivity index (χ0v) is 59.2. The number of hydrogen-bond donors (Lipinski definition) is 0. The number of rotatable bonds is 14. The lowest BCUT2D eigenvalue weighted by molar-refractivity contribution is 0.958. The van der Waals surface area contributed by atoms with Gasteiger partial charge in [-0.05, 0) is 180 Å². The molecule has 0 fully saturated rings. The van der Waals surface area contributed by atoms with E-state index in [0.717, 1.165) is 183 Å². The molecule has 0 aliphatic carbocycles. The molecular weight excluding hydrogens is 1330 g/mol. The number of fused-ring (bicyclic) bond motifs is 12. The molecule has 0 unspecified atom stereocenters. The van der Waals surface area contributed by atoms with Gasteiger partial charge in [0, 0.05) is 113 Å². The van der Waals surface area contributed by atoms with E-state index < -0.39 is 0 Å². The maximum absolute atomic E-state index is 6.55. The molecule has 0 spiro atoms. The van der Waals surface area contributed by atoms with Crippen LogP contribution in [0.4, 0.5) is 34.1 Å². The molecule has 0 aliphatic rings. The molecule has 12 aromatic carbocycles. The number of nitrogens with zero attached hydrogens (tertiary/aromatic N) is 11. The van der Waals surface area contributed by atoms with Crippen LogP contribution >= 0.6 is 0 Å². The van der Waals surface area contributed by atoms with Gasteiger partial charge in [0.05, 0.1) is 68.4 Å². The molecule has 21 aromatic rings. The van der Waals surface area contributed by atoms with Gasteiger partial charge in [-0.2, -0.15) is 0 Å². The van der Waals surface area contributed by atoms with Crippen LogP contribution in [-0.4, -0.2) is 43.2 Å². The summed E-state index contributed by atoms with van der Waals surface area (Å²) in [6.07, 6.45) is 11.7. The minimum atomic E-state index is 0.676. The van der Waals surface area contributed by atoms with E-state index in [-0.39, 0.29) is 0 Å². The van der Waals surface area contributed by atoms with Gasteiger partial charge in [0.15, 0.2) is 11.6 Å². The van der Waals surface area contributed by atoms with Gasteiger partial charge in [0.1, 0.15) is 11.4 Å². The van der Waals surface area contributed by atoms with Crippen molar-refractivity contribution >= 4 is 121 Å². The maximum Gasteiger partial charge on any atom is 0.165 e. The molecule has 0 saturated heterocycles. The van der Waals surface area contributed by atoms with Crippen LogP contribution in [0.1, 0.15) is 5.69 Å². The molecule has 9 aromatic heterocycles. The molecule has 0 bridgehead atoms. The normalized spacial score (nSPS) is 11.7. The number of aryl methyl sites for hydroxylation is 1. The fourth-order valence-corrected chi connectivity index (χ4v) is 16.7. The number of aromatic nitrogens is 9. The number of para-hydroxylation sites is 7. The molecule has 0 amide bonds. The Morgan fingerprint density at radius 3 is 0.991 bits per heavy atom. The summed E-state index contributed by atoms with van der Waals surface area (Å²) in [7, 11) is 0. The number of anilines is 6. The summed E-state index contributed by atoms with van der Waals surface area (Å²) in [5, 5.41) is 8.47. The van der Waals surface area contributed by atoms with Crippen LogP contribution in [0, 0.1) is 6.92 Å². The lowest BCUT2D eigenvalue weighted by Gasteiger charge is -2.27. The van der Waals surface area contributed by atoms with E-state index in [0.29, 0.717) is 11.6 Å². The minimum absolute atomic E-state index is 0.676. The van der Waals surface area contributed by atoms with Gasteiger partial charge in [-0.1, -0.05) is 194 Å². The quantitative estimate of drug-likeness (QED) is 0.107. The molecular formula is C98H65N11. The van der Waals surface area contributed by atoms with E-state index in [4.69, 9.17) is 24.9 Å². The highest BCUT2D eigenvalue weighted by atomic mass is 15.2. The van der Waals surface area contributed by atoms with Crippen LogP contribution in [0.2, 0.25) is 0 Å². The molecule has 21 rings (SSSR count). The van der Waals surface area contributed by atoms with E-state index in [2.05, 4.69) is 375 Å². The third kappa shape index (κ3) is 10.3. The Kier molecular flexibility index (Phi) is 14.9. The van der Waals surface area contributed by atoms with Crippen molar-refractivity contribution in [2.24, 2.45) is 0 Å². The fourth-order valence-electron chi connectivity index (χ4n) is 16.7. The summed E-state index contributed by atoms with van der Waals surface area (Å²) in [6.45, 7) is 2.07. The Bertz CT molecular complexity index is 6680. The zero-order chi connectivity index (χ0) is 72.0. The standard InChI is InChI=1S/C98H65N11/c1-64-23-22-37-85(102-64)75-32-14-15-36-82(75)94-95(97(108-87-39-20-17-34-77(87)80-54-57-100-62-92(80)108)103-98(109-88-40-21-18-35-78(88)81-55-58-101-63-93(81)109)96(94)107-86-38-19-16-33-76(86)79-53-56-99-61-91(79)107)106-89-51-45-67(65-41-47-73(48-42-65)104(69-24-6-2-7-25-69)70-26-8-3-9-27-70)59-83(89)84-60-68(46-52-90(84)106)66-43-49-74(50-44-66)105(71-28-10-4-11-29-71)72-30-12-5-13-31-72/h2-63H,1H3. The SMILES string of the molecule is Cc1cccc(-c2ccccc2-c2c(-n3c4ccc(-c5ccc(N(c6ccccc6)c6ccccc6)cc5)cc4c4cc(-c5ccc(N(c6ccccc6)c6ccccc6)cc5)ccc43)c(-n3c4ccccc4c4ccncc43)nc(-n3c4ccccc4c4ccncc43)c2-n2c3ccccc3c3ccncc32)n1. The van der Waals surface area contributed by atoms with Gasteiger partial charge < -0.3 is 18.9 Å².